The smallest absolute Gasteiger partial charge is 0.237 e. The van der Waals surface area contributed by atoms with E-state index in [-0.39, 0.29) is 11.9 Å². The average molecular weight is 252 g/mol. The molecule has 4 atom stereocenters. The molecule has 1 saturated heterocycles. The molecule has 3 heteroatoms. The summed E-state index contributed by atoms with van der Waals surface area (Å²) < 4.78 is 0. The highest BCUT2D eigenvalue weighted by Gasteiger charge is 2.33. The third-order valence-electron chi connectivity index (χ3n) is 4.73. The SMILES string of the molecule is CC(C)[C@@H]1CC[C@@H](C)C[C@@H]1NC(=O)[C@H]1CCCN1. The Kier molecular flexibility index (Phi) is 4.66. The summed E-state index contributed by atoms with van der Waals surface area (Å²) in [7, 11) is 0. The van der Waals surface area contributed by atoms with Crippen molar-refractivity contribution in [2.24, 2.45) is 17.8 Å². The van der Waals surface area contributed by atoms with Gasteiger partial charge in [-0.25, -0.2) is 0 Å². The lowest BCUT2D eigenvalue weighted by Crippen LogP contribution is -2.50. The lowest BCUT2D eigenvalue weighted by molar-refractivity contribution is -0.124. The first-order chi connectivity index (χ1) is 8.58. The molecule has 0 aromatic rings. The summed E-state index contributed by atoms with van der Waals surface area (Å²) in [4.78, 5) is 12.2. The van der Waals surface area contributed by atoms with Gasteiger partial charge >= 0.3 is 0 Å². The Labute approximate surface area is 111 Å². The maximum absolute atomic E-state index is 12.2. The standard InChI is InChI=1S/C15H28N2O/c1-10(2)12-7-6-11(3)9-14(12)17-15(18)13-5-4-8-16-13/h10-14,16H,4-9H2,1-3H3,(H,17,18)/t11-,12+,13-,14+/m1/s1. The van der Waals surface area contributed by atoms with Crippen molar-refractivity contribution in [2.45, 2.75) is 65.0 Å². The normalized spacial score (nSPS) is 36.9. The number of carbonyl (C=O) groups excluding carboxylic acids is 1. The van der Waals surface area contributed by atoms with Crippen LogP contribution in [0, 0.1) is 17.8 Å². The molecule has 2 N–H and O–H groups in total. The van der Waals surface area contributed by atoms with E-state index in [0.717, 1.165) is 31.7 Å². The molecule has 1 saturated carbocycles. The minimum Gasteiger partial charge on any atom is -0.352 e. The van der Waals surface area contributed by atoms with Crippen LogP contribution < -0.4 is 10.6 Å². The highest BCUT2D eigenvalue weighted by atomic mass is 16.2. The van der Waals surface area contributed by atoms with Gasteiger partial charge in [-0.3, -0.25) is 4.79 Å². The van der Waals surface area contributed by atoms with Crippen LogP contribution in [-0.4, -0.2) is 24.5 Å². The first-order valence-electron chi connectivity index (χ1n) is 7.61. The van der Waals surface area contributed by atoms with Gasteiger partial charge in [0.05, 0.1) is 6.04 Å². The van der Waals surface area contributed by atoms with E-state index in [1.54, 1.807) is 0 Å². The molecular formula is C15H28N2O. The van der Waals surface area contributed by atoms with Crippen molar-refractivity contribution in [3.05, 3.63) is 0 Å². The van der Waals surface area contributed by atoms with Crippen LogP contribution in [-0.2, 0) is 4.79 Å². The van der Waals surface area contributed by atoms with Gasteiger partial charge in [0, 0.05) is 6.04 Å². The summed E-state index contributed by atoms with van der Waals surface area (Å²) in [6.07, 6.45) is 5.87. The third kappa shape index (κ3) is 3.25. The molecule has 18 heavy (non-hydrogen) atoms. The van der Waals surface area contributed by atoms with Gasteiger partial charge in [0.15, 0.2) is 0 Å². The molecule has 2 aliphatic rings. The molecule has 2 rings (SSSR count). The molecule has 1 aliphatic heterocycles. The Bertz CT molecular complexity index is 284. The number of hydrogen-bond acceptors (Lipinski definition) is 2. The van der Waals surface area contributed by atoms with Crippen molar-refractivity contribution in [3.8, 4) is 0 Å². The van der Waals surface area contributed by atoms with Crippen molar-refractivity contribution in [2.75, 3.05) is 6.54 Å². The van der Waals surface area contributed by atoms with Crippen LogP contribution in [0.5, 0.6) is 0 Å². The summed E-state index contributed by atoms with van der Waals surface area (Å²) in [5.41, 5.74) is 0. The van der Waals surface area contributed by atoms with Gasteiger partial charge in [0.2, 0.25) is 5.91 Å². The minimum atomic E-state index is 0.0649. The summed E-state index contributed by atoms with van der Waals surface area (Å²) >= 11 is 0. The molecule has 1 heterocycles. The number of hydrogen-bond donors (Lipinski definition) is 2. The van der Waals surface area contributed by atoms with Crippen LogP contribution in [0.25, 0.3) is 0 Å². The van der Waals surface area contributed by atoms with Crippen LogP contribution in [0.1, 0.15) is 52.9 Å². The number of carbonyl (C=O) groups is 1. The fourth-order valence-corrected chi connectivity index (χ4v) is 3.56. The van der Waals surface area contributed by atoms with Crippen molar-refractivity contribution >= 4 is 5.91 Å². The van der Waals surface area contributed by atoms with Crippen molar-refractivity contribution in [1.29, 1.82) is 0 Å². The predicted molar refractivity (Wildman–Crippen MR) is 74.3 cm³/mol. The quantitative estimate of drug-likeness (QED) is 0.809. The van der Waals surface area contributed by atoms with Crippen LogP contribution in [0.4, 0.5) is 0 Å². The Morgan fingerprint density at radius 2 is 2.06 bits per heavy atom. The summed E-state index contributed by atoms with van der Waals surface area (Å²) in [5, 5.41) is 6.61. The Morgan fingerprint density at radius 3 is 2.67 bits per heavy atom. The maximum Gasteiger partial charge on any atom is 0.237 e. The van der Waals surface area contributed by atoms with E-state index in [0.29, 0.717) is 17.9 Å². The Morgan fingerprint density at radius 1 is 1.28 bits per heavy atom. The average Bonchev–Trinajstić information content (AvgIpc) is 2.81. The molecule has 1 aliphatic carbocycles. The lowest BCUT2D eigenvalue weighted by atomic mass is 9.74. The second kappa shape index (κ2) is 6.05. The van der Waals surface area contributed by atoms with Crippen molar-refractivity contribution in [3.63, 3.8) is 0 Å². The van der Waals surface area contributed by atoms with E-state index in [2.05, 4.69) is 31.4 Å². The molecule has 0 aromatic carbocycles. The van der Waals surface area contributed by atoms with E-state index in [1.165, 1.54) is 12.8 Å². The van der Waals surface area contributed by atoms with E-state index in [1.807, 2.05) is 0 Å². The molecule has 104 valence electrons. The summed E-state index contributed by atoms with van der Waals surface area (Å²) in [5.74, 6) is 2.31. The van der Waals surface area contributed by atoms with Crippen molar-refractivity contribution < 1.29 is 4.79 Å². The van der Waals surface area contributed by atoms with E-state index in [9.17, 15) is 4.79 Å². The summed E-state index contributed by atoms with van der Waals surface area (Å²) in [6.45, 7) is 7.87. The number of nitrogens with one attached hydrogen (secondary N) is 2. The Hall–Kier alpha value is -0.570. The van der Waals surface area contributed by atoms with Gasteiger partial charge in [0.25, 0.3) is 0 Å². The van der Waals surface area contributed by atoms with Gasteiger partial charge in [-0.2, -0.15) is 0 Å². The van der Waals surface area contributed by atoms with Gasteiger partial charge in [-0.1, -0.05) is 27.2 Å². The van der Waals surface area contributed by atoms with Gasteiger partial charge in [-0.05, 0) is 50.0 Å². The van der Waals surface area contributed by atoms with E-state index < -0.39 is 0 Å². The van der Waals surface area contributed by atoms with Crippen LogP contribution in [0.3, 0.4) is 0 Å². The van der Waals surface area contributed by atoms with Crippen LogP contribution >= 0.6 is 0 Å². The molecule has 2 fully saturated rings. The second-order valence-electron chi connectivity index (χ2n) is 6.59. The minimum absolute atomic E-state index is 0.0649. The van der Waals surface area contributed by atoms with Crippen LogP contribution in [0.15, 0.2) is 0 Å². The molecule has 0 radical (unpaired) electrons. The fourth-order valence-electron chi connectivity index (χ4n) is 3.56. The Balaban J connectivity index is 1.93. The zero-order chi connectivity index (χ0) is 13.1. The molecular weight excluding hydrogens is 224 g/mol. The maximum atomic E-state index is 12.2. The first-order valence-corrected chi connectivity index (χ1v) is 7.61. The molecule has 0 spiro atoms. The zero-order valence-corrected chi connectivity index (χ0v) is 12.0. The monoisotopic (exact) mass is 252 g/mol. The molecule has 0 bridgehead atoms. The number of amides is 1. The van der Waals surface area contributed by atoms with Gasteiger partial charge < -0.3 is 10.6 Å². The van der Waals surface area contributed by atoms with Gasteiger partial charge in [0.1, 0.15) is 0 Å². The number of rotatable bonds is 3. The van der Waals surface area contributed by atoms with E-state index >= 15 is 0 Å². The lowest BCUT2D eigenvalue weighted by Gasteiger charge is -2.38. The zero-order valence-electron chi connectivity index (χ0n) is 12.0. The third-order valence-corrected chi connectivity index (χ3v) is 4.73. The highest BCUT2D eigenvalue weighted by Crippen LogP contribution is 2.33. The predicted octanol–water partition coefficient (Wildman–Crippen LogP) is 2.32. The first kappa shape index (κ1) is 13.9. The van der Waals surface area contributed by atoms with Gasteiger partial charge in [-0.15, -0.1) is 0 Å². The molecule has 0 aromatic heterocycles. The second-order valence-corrected chi connectivity index (χ2v) is 6.59. The topological polar surface area (TPSA) is 41.1 Å². The molecule has 3 nitrogen and oxygen atoms in total. The fraction of sp³-hybridized carbons (Fsp3) is 0.933. The largest absolute Gasteiger partial charge is 0.352 e. The van der Waals surface area contributed by atoms with E-state index in [4.69, 9.17) is 0 Å². The summed E-state index contributed by atoms with van der Waals surface area (Å²) in [6, 6.07) is 0.457. The van der Waals surface area contributed by atoms with Crippen LogP contribution in [0.2, 0.25) is 0 Å². The highest BCUT2D eigenvalue weighted by molar-refractivity contribution is 5.82. The molecule has 1 amide bonds. The molecule has 0 unspecified atom stereocenters. The van der Waals surface area contributed by atoms with Crippen molar-refractivity contribution in [1.82, 2.24) is 10.6 Å².